The van der Waals surface area contributed by atoms with Gasteiger partial charge in [0.1, 0.15) is 6.33 Å². The predicted octanol–water partition coefficient (Wildman–Crippen LogP) is 1.56. The van der Waals surface area contributed by atoms with E-state index in [1.165, 1.54) is 12.6 Å². The van der Waals surface area contributed by atoms with E-state index in [1.54, 1.807) is 40.0 Å². The third-order valence-corrected chi connectivity index (χ3v) is 4.33. The molecule has 2 aromatic rings. The van der Waals surface area contributed by atoms with Crippen LogP contribution in [0.2, 0.25) is 0 Å². The molecule has 0 saturated carbocycles. The Kier molecular flexibility index (Phi) is 5.34. The molecule has 0 atom stereocenters. The van der Waals surface area contributed by atoms with Crippen molar-refractivity contribution in [3.63, 3.8) is 0 Å². The zero-order valence-electron chi connectivity index (χ0n) is 14.9. The molecule has 1 saturated heterocycles. The van der Waals surface area contributed by atoms with E-state index in [4.69, 9.17) is 4.42 Å². The molecule has 0 bridgehead atoms. The molecule has 0 aliphatic carbocycles. The summed E-state index contributed by atoms with van der Waals surface area (Å²) in [6.45, 7) is 5.75. The number of nitro groups is 1. The fourth-order valence-corrected chi connectivity index (χ4v) is 2.99. The van der Waals surface area contributed by atoms with Crippen LogP contribution in [0.4, 0.5) is 17.3 Å². The van der Waals surface area contributed by atoms with E-state index in [0.29, 0.717) is 32.7 Å². The second-order valence-corrected chi connectivity index (χ2v) is 6.05. The molecule has 142 valence electrons. The van der Waals surface area contributed by atoms with Gasteiger partial charge in [0.05, 0.1) is 11.2 Å². The van der Waals surface area contributed by atoms with Crippen LogP contribution in [0.25, 0.3) is 0 Å². The Morgan fingerprint density at radius 1 is 1.41 bits per heavy atom. The largest absolute Gasteiger partial charge is 0.459 e. The van der Waals surface area contributed by atoms with Gasteiger partial charge in [-0.3, -0.25) is 14.9 Å². The summed E-state index contributed by atoms with van der Waals surface area (Å²) in [4.78, 5) is 36.9. The number of anilines is 2. The van der Waals surface area contributed by atoms with Crippen LogP contribution in [-0.2, 0) is 0 Å². The van der Waals surface area contributed by atoms with Gasteiger partial charge in [-0.05, 0) is 12.1 Å². The molecule has 1 amide bonds. The quantitative estimate of drug-likeness (QED) is 0.427. The van der Waals surface area contributed by atoms with E-state index in [0.717, 1.165) is 0 Å². The maximum Gasteiger partial charge on any atom is 0.353 e. The van der Waals surface area contributed by atoms with Crippen molar-refractivity contribution in [2.24, 2.45) is 0 Å². The number of amides is 1. The first-order valence-corrected chi connectivity index (χ1v) is 8.42. The second-order valence-electron chi connectivity index (χ2n) is 6.05. The summed E-state index contributed by atoms with van der Waals surface area (Å²) in [7, 11) is 1.71. The molecule has 10 nitrogen and oxygen atoms in total. The van der Waals surface area contributed by atoms with Gasteiger partial charge in [0, 0.05) is 39.8 Å². The number of furan rings is 1. The summed E-state index contributed by atoms with van der Waals surface area (Å²) in [5.41, 5.74) is -0.146. The van der Waals surface area contributed by atoms with Gasteiger partial charge < -0.3 is 19.1 Å². The molecule has 0 N–H and O–H groups in total. The van der Waals surface area contributed by atoms with Crippen molar-refractivity contribution in [1.29, 1.82) is 0 Å². The Labute approximate surface area is 155 Å². The van der Waals surface area contributed by atoms with Crippen LogP contribution in [0.15, 0.2) is 41.8 Å². The molecule has 3 heterocycles. The van der Waals surface area contributed by atoms with Gasteiger partial charge in [0.25, 0.3) is 5.91 Å². The van der Waals surface area contributed by atoms with Gasteiger partial charge in [-0.15, -0.1) is 6.58 Å². The first kappa shape index (κ1) is 18.4. The first-order chi connectivity index (χ1) is 13.0. The van der Waals surface area contributed by atoms with Crippen LogP contribution >= 0.6 is 0 Å². The van der Waals surface area contributed by atoms with E-state index in [1.807, 2.05) is 0 Å². The lowest BCUT2D eigenvalue weighted by Crippen LogP contribution is -2.49. The van der Waals surface area contributed by atoms with Crippen LogP contribution in [0, 0.1) is 10.1 Å². The van der Waals surface area contributed by atoms with Crippen molar-refractivity contribution in [3.05, 3.63) is 53.3 Å². The van der Waals surface area contributed by atoms with E-state index >= 15 is 0 Å². The maximum absolute atomic E-state index is 12.4. The number of hydrogen-bond donors (Lipinski definition) is 0. The van der Waals surface area contributed by atoms with Crippen molar-refractivity contribution in [1.82, 2.24) is 14.9 Å². The summed E-state index contributed by atoms with van der Waals surface area (Å²) in [5, 5.41) is 11.7. The van der Waals surface area contributed by atoms with Gasteiger partial charge in [0.15, 0.2) is 5.76 Å². The van der Waals surface area contributed by atoms with Crippen molar-refractivity contribution in [2.75, 3.05) is 49.6 Å². The summed E-state index contributed by atoms with van der Waals surface area (Å²) in [5.74, 6) is 0.582. The number of likely N-dealkylation sites (N-methyl/N-ethyl adjacent to an activating group) is 1. The molecule has 1 fully saturated rings. The average Bonchev–Trinajstić information content (AvgIpc) is 3.22. The lowest BCUT2D eigenvalue weighted by atomic mass is 10.2. The predicted molar refractivity (Wildman–Crippen MR) is 99.0 cm³/mol. The average molecular weight is 372 g/mol. The summed E-state index contributed by atoms with van der Waals surface area (Å²) < 4.78 is 5.15. The smallest absolute Gasteiger partial charge is 0.353 e. The van der Waals surface area contributed by atoms with Crippen LogP contribution in [-0.4, -0.2) is 65.5 Å². The van der Waals surface area contributed by atoms with Gasteiger partial charge in [0.2, 0.25) is 11.6 Å². The molecule has 2 aromatic heterocycles. The van der Waals surface area contributed by atoms with Crippen LogP contribution in [0.3, 0.4) is 0 Å². The van der Waals surface area contributed by atoms with E-state index in [9.17, 15) is 14.9 Å². The lowest BCUT2D eigenvalue weighted by molar-refractivity contribution is -0.383. The van der Waals surface area contributed by atoms with Gasteiger partial charge in [-0.1, -0.05) is 6.08 Å². The van der Waals surface area contributed by atoms with Crippen molar-refractivity contribution in [3.8, 4) is 0 Å². The molecular formula is C17H20N6O4. The number of nitrogens with zero attached hydrogens (tertiary/aromatic N) is 6. The van der Waals surface area contributed by atoms with E-state index in [2.05, 4.69) is 16.5 Å². The van der Waals surface area contributed by atoms with Gasteiger partial charge in [-0.2, -0.15) is 0 Å². The molecule has 10 heteroatoms. The first-order valence-electron chi connectivity index (χ1n) is 8.42. The topological polar surface area (TPSA) is 109 Å². The minimum Gasteiger partial charge on any atom is -0.459 e. The minimum atomic E-state index is -0.468. The molecule has 1 aliphatic heterocycles. The van der Waals surface area contributed by atoms with Crippen molar-refractivity contribution in [2.45, 2.75) is 0 Å². The maximum atomic E-state index is 12.4. The number of rotatable bonds is 6. The van der Waals surface area contributed by atoms with E-state index in [-0.39, 0.29) is 29.0 Å². The molecule has 0 radical (unpaired) electrons. The van der Waals surface area contributed by atoms with Crippen LogP contribution in [0.5, 0.6) is 0 Å². The highest BCUT2D eigenvalue weighted by molar-refractivity contribution is 5.91. The highest BCUT2D eigenvalue weighted by atomic mass is 16.6. The van der Waals surface area contributed by atoms with Gasteiger partial charge in [-0.25, -0.2) is 9.97 Å². The number of carbonyl (C=O) groups excluding carboxylic acids is 1. The normalized spacial score (nSPS) is 14.1. The minimum absolute atomic E-state index is 0.146. The van der Waals surface area contributed by atoms with Crippen LogP contribution < -0.4 is 9.80 Å². The van der Waals surface area contributed by atoms with Crippen molar-refractivity contribution < 1.29 is 14.1 Å². The number of hydrogen-bond acceptors (Lipinski definition) is 8. The van der Waals surface area contributed by atoms with E-state index < -0.39 is 4.92 Å². The third-order valence-electron chi connectivity index (χ3n) is 4.33. The fourth-order valence-electron chi connectivity index (χ4n) is 2.99. The Hall–Kier alpha value is -3.43. The molecule has 1 aliphatic rings. The lowest BCUT2D eigenvalue weighted by Gasteiger charge is -2.34. The highest BCUT2D eigenvalue weighted by Crippen LogP contribution is 2.34. The Balaban J connectivity index is 1.79. The third kappa shape index (κ3) is 3.73. The summed E-state index contributed by atoms with van der Waals surface area (Å²) in [6.07, 6.45) is 4.41. The molecular weight excluding hydrogens is 352 g/mol. The molecule has 0 aromatic carbocycles. The number of aromatic nitrogens is 2. The molecule has 0 unspecified atom stereocenters. The molecule has 3 rings (SSSR count). The Morgan fingerprint density at radius 2 is 2.15 bits per heavy atom. The highest BCUT2D eigenvalue weighted by Gasteiger charge is 2.31. The zero-order valence-corrected chi connectivity index (χ0v) is 14.9. The monoisotopic (exact) mass is 372 g/mol. The fraction of sp³-hybridized carbons (Fsp3) is 0.353. The standard InChI is InChI=1S/C17H20N6O4/c1-3-6-20(2)15-14(23(25)26)16(19-12-18-15)21-7-9-22(10-8-21)17(24)13-5-4-11-27-13/h3-5,11-12H,1,6-10H2,2H3. The van der Waals surface area contributed by atoms with Gasteiger partial charge >= 0.3 is 5.69 Å². The number of carbonyl (C=O) groups is 1. The molecule has 0 spiro atoms. The molecule has 27 heavy (non-hydrogen) atoms. The SMILES string of the molecule is C=CCN(C)c1ncnc(N2CCN(C(=O)c3ccco3)CC2)c1[N+](=O)[O-]. The Bertz CT molecular complexity index is 830. The second kappa shape index (κ2) is 7.85. The number of piperazine rings is 1. The summed E-state index contributed by atoms with van der Waals surface area (Å²) in [6, 6.07) is 3.28. The van der Waals surface area contributed by atoms with Crippen LogP contribution in [0.1, 0.15) is 10.6 Å². The zero-order chi connectivity index (χ0) is 19.4. The Morgan fingerprint density at radius 3 is 2.74 bits per heavy atom. The van der Waals surface area contributed by atoms with Crippen molar-refractivity contribution >= 4 is 23.2 Å². The summed E-state index contributed by atoms with van der Waals surface area (Å²) >= 11 is 0.